The van der Waals surface area contributed by atoms with Crippen molar-refractivity contribution >= 4 is 15.5 Å². The summed E-state index contributed by atoms with van der Waals surface area (Å²) in [5, 5.41) is 3.10. The zero-order chi connectivity index (χ0) is 13.7. The Morgan fingerprint density at radius 2 is 1.58 bits per heavy atom. The number of hydrogen-bond donors (Lipinski definition) is 1. The molecule has 0 aliphatic heterocycles. The summed E-state index contributed by atoms with van der Waals surface area (Å²) < 4.78 is 24.2. The van der Waals surface area contributed by atoms with Gasteiger partial charge < -0.3 is 5.32 Å². The fourth-order valence-electron chi connectivity index (χ4n) is 1.75. The lowest BCUT2D eigenvalue weighted by Gasteiger charge is -2.07. The molecule has 19 heavy (non-hydrogen) atoms. The zero-order valence-corrected chi connectivity index (χ0v) is 11.7. The molecule has 0 aliphatic carbocycles. The van der Waals surface area contributed by atoms with Crippen LogP contribution in [0.4, 0.5) is 5.69 Å². The lowest BCUT2D eigenvalue weighted by Crippen LogP contribution is -2.15. The van der Waals surface area contributed by atoms with Crippen LogP contribution in [0.5, 0.6) is 0 Å². The van der Waals surface area contributed by atoms with Crippen molar-refractivity contribution in [3.05, 3.63) is 60.2 Å². The van der Waals surface area contributed by atoms with Gasteiger partial charge in [0.25, 0.3) is 0 Å². The molecule has 0 saturated carbocycles. The number of anilines is 1. The maximum absolute atomic E-state index is 12.1. The monoisotopic (exact) mass is 275 g/mol. The maximum Gasteiger partial charge on any atom is 0.180 e. The van der Waals surface area contributed by atoms with Crippen LogP contribution in [-0.2, 0) is 9.84 Å². The quantitative estimate of drug-likeness (QED) is 0.912. The third kappa shape index (κ3) is 3.83. The lowest BCUT2D eigenvalue weighted by molar-refractivity contribution is 0.596. The Hall–Kier alpha value is -1.81. The Kier molecular flexibility index (Phi) is 4.22. The van der Waals surface area contributed by atoms with E-state index >= 15 is 0 Å². The molecule has 0 unspecified atom stereocenters. The summed E-state index contributed by atoms with van der Waals surface area (Å²) in [4.78, 5) is 0.382. The molecule has 100 valence electrons. The number of sulfone groups is 1. The van der Waals surface area contributed by atoms with Gasteiger partial charge in [-0.2, -0.15) is 0 Å². The van der Waals surface area contributed by atoms with E-state index in [1.54, 1.807) is 12.1 Å². The molecule has 2 aromatic carbocycles. The first-order valence-corrected chi connectivity index (χ1v) is 7.81. The third-order valence-corrected chi connectivity index (χ3v) is 4.59. The van der Waals surface area contributed by atoms with Crippen LogP contribution in [0.1, 0.15) is 5.56 Å². The number of rotatable bonds is 5. The van der Waals surface area contributed by atoms with E-state index in [0.29, 0.717) is 11.4 Å². The Bertz CT molecular complexity index is 619. The first-order chi connectivity index (χ1) is 9.08. The minimum Gasteiger partial charge on any atom is -0.384 e. The van der Waals surface area contributed by atoms with E-state index in [4.69, 9.17) is 0 Å². The Morgan fingerprint density at radius 1 is 0.947 bits per heavy atom. The smallest absolute Gasteiger partial charge is 0.180 e. The number of para-hydroxylation sites is 1. The molecule has 0 atom stereocenters. The van der Waals surface area contributed by atoms with E-state index in [1.165, 1.54) is 0 Å². The van der Waals surface area contributed by atoms with Crippen LogP contribution in [0.25, 0.3) is 0 Å². The van der Waals surface area contributed by atoms with Crippen molar-refractivity contribution < 1.29 is 8.42 Å². The van der Waals surface area contributed by atoms with Crippen LogP contribution in [0.15, 0.2) is 59.5 Å². The van der Waals surface area contributed by atoms with Gasteiger partial charge in [-0.15, -0.1) is 0 Å². The van der Waals surface area contributed by atoms with E-state index in [0.717, 1.165) is 11.3 Å². The minimum absolute atomic E-state index is 0.0882. The van der Waals surface area contributed by atoms with Gasteiger partial charge in [-0.1, -0.05) is 35.9 Å². The van der Waals surface area contributed by atoms with E-state index in [2.05, 4.69) is 5.32 Å². The molecule has 0 spiro atoms. The molecule has 0 bridgehead atoms. The van der Waals surface area contributed by atoms with Crippen molar-refractivity contribution in [2.45, 2.75) is 11.8 Å². The van der Waals surface area contributed by atoms with Gasteiger partial charge in [0.2, 0.25) is 0 Å². The molecule has 0 radical (unpaired) electrons. The molecule has 4 heteroatoms. The first-order valence-electron chi connectivity index (χ1n) is 6.16. The van der Waals surface area contributed by atoms with Crippen LogP contribution < -0.4 is 5.32 Å². The number of aryl methyl sites for hydroxylation is 1. The molecule has 0 aromatic heterocycles. The summed E-state index contributed by atoms with van der Waals surface area (Å²) in [6.45, 7) is 2.34. The average molecular weight is 275 g/mol. The van der Waals surface area contributed by atoms with Crippen molar-refractivity contribution in [1.82, 2.24) is 0 Å². The summed E-state index contributed by atoms with van der Waals surface area (Å²) >= 11 is 0. The van der Waals surface area contributed by atoms with Gasteiger partial charge in [-0.25, -0.2) is 8.42 Å². The van der Waals surface area contributed by atoms with E-state index in [9.17, 15) is 8.42 Å². The third-order valence-electron chi connectivity index (χ3n) is 2.85. The molecule has 0 fully saturated rings. The molecule has 0 aliphatic rings. The highest BCUT2D eigenvalue weighted by Gasteiger charge is 2.13. The summed E-state index contributed by atoms with van der Waals surface area (Å²) in [6.07, 6.45) is 0. The van der Waals surface area contributed by atoms with Gasteiger partial charge in [-0.05, 0) is 31.2 Å². The van der Waals surface area contributed by atoms with E-state index in [-0.39, 0.29) is 5.75 Å². The highest BCUT2D eigenvalue weighted by molar-refractivity contribution is 7.91. The lowest BCUT2D eigenvalue weighted by atomic mass is 10.2. The first kappa shape index (κ1) is 13.6. The molecule has 3 nitrogen and oxygen atoms in total. The summed E-state index contributed by atoms with van der Waals surface area (Å²) in [5.41, 5.74) is 1.99. The van der Waals surface area contributed by atoms with E-state index in [1.807, 2.05) is 49.4 Å². The second-order valence-corrected chi connectivity index (χ2v) is 6.53. The Morgan fingerprint density at radius 3 is 2.21 bits per heavy atom. The molecule has 2 rings (SSSR count). The summed E-state index contributed by atoms with van der Waals surface area (Å²) in [5.74, 6) is 0.0882. The molecule has 0 saturated heterocycles. The Balaban J connectivity index is 1.97. The van der Waals surface area contributed by atoms with Crippen LogP contribution in [0.2, 0.25) is 0 Å². The fourth-order valence-corrected chi connectivity index (χ4v) is 2.91. The van der Waals surface area contributed by atoms with Crippen LogP contribution in [-0.4, -0.2) is 20.7 Å². The molecule has 1 N–H and O–H groups in total. The molecule has 0 amide bonds. The standard InChI is InChI=1S/C15H17NO2S/c1-13-7-9-15(10-8-13)19(17,18)12-11-16-14-5-3-2-4-6-14/h2-10,16H,11-12H2,1H3. The number of benzene rings is 2. The predicted octanol–water partition coefficient (Wildman–Crippen LogP) is 2.88. The highest BCUT2D eigenvalue weighted by atomic mass is 32.2. The van der Waals surface area contributed by atoms with Crippen molar-refractivity contribution in [3.8, 4) is 0 Å². The van der Waals surface area contributed by atoms with Gasteiger partial charge in [0, 0.05) is 12.2 Å². The normalized spacial score (nSPS) is 11.2. The number of nitrogens with one attached hydrogen (secondary N) is 1. The van der Waals surface area contributed by atoms with Gasteiger partial charge in [-0.3, -0.25) is 0 Å². The maximum atomic E-state index is 12.1. The van der Waals surface area contributed by atoms with Gasteiger partial charge in [0.15, 0.2) is 9.84 Å². The Labute approximate surface area is 114 Å². The van der Waals surface area contributed by atoms with Crippen molar-refractivity contribution in [2.75, 3.05) is 17.6 Å². The SMILES string of the molecule is Cc1ccc(S(=O)(=O)CCNc2ccccc2)cc1. The van der Waals surface area contributed by atoms with E-state index < -0.39 is 9.84 Å². The molecular formula is C15H17NO2S. The zero-order valence-electron chi connectivity index (χ0n) is 10.8. The number of hydrogen-bond acceptors (Lipinski definition) is 3. The highest BCUT2D eigenvalue weighted by Crippen LogP contribution is 2.12. The molecular weight excluding hydrogens is 258 g/mol. The van der Waals surface area contributed by atoms with Crippen LogP contribution in [0, 0.1) is 6.92 Å². The predicted molar refractivity (Wildman–Crippen MR) is 78.2 cm³/mol. The second-order valence-electron chi connectivity index (χ2n) is 4.42. The summed E-state index contributed by atoms with van der Waals surface area (Å²) in [6, 6.07) is 16.5. The minimum atomic E-state index is -3.21. The van der Waals surface area contributed by atoms with Crippen molar-refractivity contribution in [2.24, 2.45) is 0 Å². The van der Waals surface area contributed by atoms with Gasteiger partial charge >= 0.3 is 0 Å². The average Bonchev–Trinajstić information content (AvgIpc) is 2.40. The van der Waals surface area contributed by atoms with Crippen molar-refractivity contribution in [1.29, 1.82) is 0 Å². The largest absolute Gasteiger partial charge is 0.384 e. The topological polar surface area (TPSA) is 46.2 Å². The second kappa shape index (κ2) is 5.89. The van der Waals surface area contributed by atoms with Crippen LogP contribution >= 0.6 is 0 Å². The van der Waals surface area contributed by atoms with Gasteiger partial charge in [0.05, 0.1) is 10.6 Å². The van der Waals surface area contributed by atoms with Gasteiger partial charge in [0.1, 0.15) is 0 Å². The van der Waals surface area contributed by atoms with Crippen LogP contribution in [0.3, 0.4) is 0 Å². The van der Waals surface area contributed by atoms with Crippen molar-refractivity contribution in [3.63, 3.8) is 0 Å². The molecule has 2 aromatic rings. The fraction of sp³-hybridized carbons (Fsp3) is 0.200. The molecule has 0 heterocycles. The summed E-state index contributed by atoms with van der Waals surface area (Å²) in [7, 11) is -3.21.